The zero-order valence-electron chi connectivity index (χ0n) is 10.8. The highest BCUT2D eigenvalue weighted by Gasteiger charge is 2.72. The molecule has 1 saturated carbocycles. The van der Waals surface area contributed by atoms with Crippen molar-refractivity contribution >= 4 is 19.7 Å². The lowest BCUT2D eigenvalue weighted by Crippen LogP contribution is -2.64. The minimum atomic E-state index is -3.60. The Morgan fingerprint density at radius 3 is 2.00 bits per heavy atom. The van der Waals surface area contributed by atoms with Crippen molar-refractivity contribution in [1.82, 2.24) is 0 Å². The molecule has 4 rings (SSSR count). The molecule has 2 bridgehead atoms. The molecule has 1 saturated heterocycles. The average molecular weight is 290 g/mol. The summed E-state index contributed by atoms with van der Waals surface area (Å²) in [6, 6.07) is 0. The fourth-order valence-corrected chi connectivity index (χ4v) is 11.1. The number of rotatable bonds is 0. The van der Waals surface area contributed by atoms with E-state index in [9.17, 15) is 16.8 Å². The monoisotopic (exact) mass is 290 g/mol. The summed E-state index contributed by atoms with van der Waals surface area (Å²) in [7, 11) is -7.19. The van der Waals surface area contributed by atoms with E-state index in [-0.39, 0.29) is 22.8 Å². The maximum absolute atomic E-state index is 12.4. The largest absolute Gasteiger partial charge is 0.227 e. The van der Waals surface area contributed by atoms with Crippen molar-refractivity contribution in [2.45, 2.75) is 31.3 Å². The molecule has 0 unspecified atom stereocenters. The molecule has 0 N–H and O–H groups in total. The van der Waals surface area contributed by atoms with Crippen LogP contribution in [0.15, 0.2) is 11.6 Å². The van der Waals surface area contributed by atoms with Gasteiger partial charge in [0, 0.05) is 5.92 Å². The van der Waals surface area contributed by atoms with Crippen LogP contribution >= 0.6 is 0 Å². The Labute approximate surface area is 108 Å². The molecular formula is C12H18O4S2. The molecule has 0 aromatic carbocycles. The predicted molar refractivity (Wildman–Crippen MR) is 69.4 cm³/mol. The lowest BCUT2D eigenvalue weighted by molar-refractivity contribution is -0.0116. The van der Waals surface area contributed by atoms with Crippen LogP contribution in [0.3, 0.4) is 0 Å². The second-order valence-corrected chi connectivity index (χ2v) is 11.3. The van der Waals surface area contributed by atoms with Crippen molar-refractivity contribution in [2.75, 3.05) is 11.5 Å². The smallest absolute Gasteiger partial charge is 0.194 e. The molecule has 1 heterocycles. The molecule has 2 fully saturated rings. The van der Waals surface area contributed by atoms with Gasteiger partial charge in [-0.25, -0.2) is 16.8 Å². The second kappa shape index (κ2) is 3.03. The van der Waals surface area contributed by atoms with Crippen LogP contribution in [0.4, 0.5) is 0 Å². The van der Waals surface area contributed by atoms with Crippen LogP contribution in [0.2, 0.25) is 0 Å². The summed E-state index contributed by atoms with van der Waals surface area (Å²) >= 11 is 0. The van der Waals surface area contributed by atoms with Gasteiger partial charge in [0.15, 0.2) is 23.8 Å². The summed E-state index contributed by atoms with van der Waals surface area (Å²) in [5.41, 5.74) is 0.695. The first-order valence-corrected chi connectivity index (χ1v) is 9.51. The lowest BCUT2D eigenvalue weighted by atomic mass is 9.48. The van der Waals surface area contributed by atoms with E-state index >= 15 is 0 Å². The Balaban J connectivity index is 2.37. The van der Waals surface area contributed by atoms with E-state index in [4.69, 9.17) is 0 Å². The summed E-state index contributed by atoms with van der Waals surface area (Å²) in [6.45, 7) is 5.85. The van der Waals surface area contributed by atoms with E-state index in [2.05, 4.69) is 0 Å². The normalized spacial score (nSPS) is 41.2. The van der Waals surface area contributed by atoms with Gasteiger partial charge in [0.05, 0.1) is 11.5 Å². The maximum Gasteiger partial charge on any atom is 0.194 e. The van der Waals surface area contributed by atoms with Crippen molar-refractivity contribution in [2.24, 2.45) is 17.3 Å². The number of sulfone groups is 2. The summed E-state index contributed by atoms with van der Waals surface area (Å²) in [5.74, 6) is -0.400. The first-order chi connectivity index (χ1) is 8.06. The van der Waals surface area contributed by atoms with Crippen molar-refractivity contribution in [3.63, 3.8) is 0 Å². The molecule has 1 aliphatic heterocycles. The molecule has 3 aliphatic carbocycles. The minimum absolute atomic E-state index is 0.226. The fourth-order valence-electron chi connectivity index (χ4n) is 4.24. The first-order valence-electron chi connectivity index (χ1n) is 6.20. The number of allylic oxidation sites excluding steroid dienone is 1. The van der Waals surface area contributed by atoms with Crippen molar-refractivity contribution < 1.29 is 16.8 Å². The van der Waals surface area contributed by atoms with Gasteiger partial charge in [-0.3, -0.25) is 0 Å². The van der Waals surface area contributed by atoms with Crippen LogP contribution in [0.25, 0.3) is 0 Å². The summed E-state index contributed by atoms with van der Waals surface area (Å²) in [5, 5.41) is 0. The first kappa shape index (κ1) is 12.7. The van der Waals surface area contributed by atoms with Gasteiger partial charge in [-0.15, -0.1) is 0 Å². The van der Waals surface area contributed by atoms with Crippen molar-refractivity contribution in [3.8, 4) is 0 Å². The second-order valence-electron chi connectivity index (χ2n) is 6.41. The SMILES string of the molecule is CC1=CC2([C@H]3C[C@@H]1C3(C)C)S(=O)(=O)CCS2(=O)=O. The molecule has 18 heavy (non-hydrogen) atoms. The fraction of sp³-hybridized carbons (Fsp3) is 0.833. The molecule has 2 atom stereocenters. The quantitative estimate of drug-likeness (QED) is 0.628. The molecule has 4 nitrogen and oxygen atoms in total. The molecule has 0 radical (unpaired) electrons. The summed E-state index contributed by atoms with van der Waals surface area (Å²) < 4.78 is 48.0. The Morgan fingerprint density at radius 1 is 1.11 bits per heavy atom. The third-order valence-corrected chi connectivity index (χ3v) is 11.3. The molecule has 4 aliphatic rings. The molecule has 0 aromatic heterocycles. The Morgan fingerprint density at radius 2 is 1.61 bits per heavy atom. The average Bonchev–Trinajstić information content (AvgIpc) is 2.39. The van der Waals surface area contributed by atoms with Gasteiger partial charge < -0.3 is 0 Å². The van der Waals surface area contributed by atoms with Crippen LogP contribution in [-0.4, -0.2) is 32.4 Å². The number of hydrogen-bond donors (Lipinski definition) is 0. The Kier molecular flexibility index (Phi) is 2.13. The predicted octanol–water partition coefficient (Wildman–Crippen LogP) is 1.15. The van der Waals surface area contributed by atoms with Crippen molar-refractivity contribution in [3.05, 3.63) is 11.6 Å². The zero-order chi connectivity index (χ0) is 13.6. The standard InChI is InChI=1S/C12H18O4S2/c1-8-7-12(10-6-9(8)11(10,2)3)17(13,14)4-5-18(12,15)16/h7,9-10H,4-6H2,1-3H3/t9-,10-/m0/s1. The zero-order valence-corrected chi connectivity index (χ0v) is 12.4. The highest BCUT2D eigenvalue weighted by molar-refractivity contribution is 8.13. The topological polar surface area (TPSA) is 68.3 Å². The van der Waals surface area contributed by atoms with Gasteiger partial charge in [-0.05, 0) is 30.8 Å². The molecule has 1 spiro atoms. The van der Waals surface area contributed by atoms with Gasteiger partial charge in [-0.1, -0.05) is 19.4 Å². The van der Waals surface area contributed by atoms with Gasteiger partial charge in [0.2, 0.25) is 0 Å². The maximum atomic E-state index is 12.4. The van der Waals surface area contributed by atoms with Crippen LogP contribution in [-0.2, 0) is 19.7 Å². The van der Waals surface area contributed by atoms with Gasteiger partial charge >= 0.3 is 0 Å². The van der Waals surface area contributed by atoms with E-state index in [0.29, 0.717) is 12.3 Å². The van der Waals surface area contributed by atoms with Gasteiger partial charge in [0.1, 0.15) is 0 Å². The molecule has 102 valence electrons. The van der Waals surface area contributed by atoms with Crippen LogP contribution < -0.4 is 0 Å². The van der Waals surface area contributed by atoms with E-state index in [1.165, 1.54) is 0 Å². The van der Waals surface area contributed by atoms with E-state index in [1.54, 1.807) is 6.08 Å². The third-order valence-electron chi connectivity index (χ3n) is 5.32. The highest BCUT2D eigenvalue weighted by Crippen LogP contribution is 2.66. The number of hydrogen-bond acceptors (Lipinski definition) is 4. The van der Waals surface area contributed by atoms with Gasteiger partial charge in [0.25, 0.3) is 0 Å². The Bertz CT molecular complexity index is 618. The summed E-state index contributed by atoms with van der Waals surface area (Å²) in [4.78, 5) is 0. The Hall–Kier alpha value is -0.360. The molecule has 0 aromatic rings. The molecule has 0 amide bonds. The lowest BCUT2D eigenvalue weighted by Gasteiger charge is -2.61. The van der Waals surface area contributed by atoms with Gasteiger partial charge in [-0.2, -0.15) is 0 Å². The van der Waals surface area contributed by atoms with Crippen LogP contribution in [0.5, 0.6) is 0 Å². The minimum Gasteiger partial charge on any atom is -0.227 e. The highest BCUT2D eigenvalue weighted by atomic mass is 32.3. The third kappa shape index (κ3) is 1.08. The molecular weight excluding hydrogens is 272 g/mol. The summed E-state index contributed by atoms with van der Waals surface area (Å²) in [6.07, 6.45) is 2.24. The van der Waals surface area contributed by atoms with Crippen molar-refractivity contribution in [1.29, 1.82) is 0 Å². The van der Waals surface area contributed by atoms with E-state index < -0.39 is 23.8 Å². The van der Waals surface area contributed by atoms with E-state index in [1.807, 2.05) is 20.8 Å². The van der Waals surface area contributed by atoms with E-state index in [0.717, 1.165) is 5.57 Å². The van der Waals surface area contributed by atoms with Crippen LogP contribution in [0.1, 0.15) is 27.2 Å². The molecule has 6 heteroatoms. The van der Waals surface area contributed by atoms with Crippen LogP contribution in [0, 0.1) is 17.3 Å².